The number of fused-ring (bicyclic) bond motifs is 4. The molecule has 1 aromatic rings. The number of para-hydroxylation sites is 1. The molecular formula is C20H22N2O. The highest BCUT2D eigenvalue weighted by atomic mass is 16.5. The van der Waals surface area contributed by atoms with Gasteiger partial charge in [-0.15, -0.1) is 6.58 Å². The van der Waals surface area contributed by atoms with Crippen molar-refractivity contribution >= 4 is 11.4 Å². The van der Waals surface area contributed by atoms with E-state index in [-0.39, 0.29) is 16.9 Å². The minimum Gasteiger partial charge on any atom is -0.372 e. The average molecular weight is 306 g/mol. The maximum atomic E-state index is 6.32. The van der Waals surface area contributed by atoms with Crippen LogP contribution < -0.4 is 0 Å². The van der Waals surface area contributed by atoms with Gasteiger partial charge in [-0.05, 0) is 37.4 Å². The van der Waals surface area contributed by atoms with E-state index in [2.05, 4.69) is 48.9 Å². The van der Waals surface area contributed by atoms with Crippen molar-refractivity contribution in [2.75, 3.05) is 20.2 Å². The summed E-state index contributed by atoms with van der Waals surface area (Å²) < 4.78 is 6.32. The van der Waals surface area contributed by atoms with E-state index in [0.29, 0.717) is 17.9 Å². The van der Waals surface area contributed by atoms with Gasteiger partial charge in [0.15, 0.2) is 0 Å². The van der Waals surface area contributed by atoms with Gasteiger partial charge in [0.2, 0.25) is 0 Å². The molecule has 2 saturated carbocycles. The molecule has 5 bridgehead atoms. The third kappa shape index (κ3) is 1.15. The fraction of sp³-hybridized carbons (Fsp3) is 0.550. The molecule has 3 heteroatoms. The van der Waals surface area contributed by atoms with Crippen molar-refractivity contribution < 1.29 is 4.74 Å². The fourth-order valence-electron chi connectivity index (χ4n) is 6.95. The van der Waals surface area contributed by atoms with E-state index >= 15 is 0 Å². The summed E-state index contributed by atoms with van der Waals surface area (Å²) in [5.74, 6) is 1.35. The van der Waals surface area contributed by atoms with Gasteiger partial charge >= 0.3 is 0 Å². The number of nitrogens with zero attached hydrogens (tertiary/aromatic N) is 2. The largest absolute Gasteiger partial charge is 0.372 e. The molecule has 0 amide bonds. The van der Waals surface area contributed by atoms with E-state index in [1.165, 1.54) is 23.4 Å². The van der Waals surface area contributed by atoms with E-state index in [0.717, 1.165) is 19.6 Å². The van der Waals surface area contributed by atoms with Gasteiger partial charge in [0.05, 0.1) is 29.5 Å². The Morgan fingerprint density at radius 3 is 3.13 bits per heavy atom. The lowest BCUT2D eigenvalue weighted by molar-refractivity contribution is -0.190. The molecule has 7 rings (SSSR count). The first-order chi connectivity index (χ1) is 11.2. The van der Waals surface area contributed by atoms with Crippen molar-refractivity contribution in [1.82, 2.24) is 4.90 Å². The number of benzene rings is 1. The quantitative estimate of drug-likeness (QED) is 0.745. The smallest absolute Gasteiger partial charge is 0.0968 e. The number of piperidine rings is 2. The van der Waals surface area contributed by atoms with Crippen molar-refractivity contribution in [2.24, 2.45) is 22.2 Å². The van der Waals surface area contributed by atoms with Gasteiger partial charge in [-0.3, -0.25) is 4.99 Å². The van der Waals surface area contributed by atoms with E-state index in [4.69, 9.17) is 9.73 Å². The van der Waals surface area contributed by atoms with Gasteiger partial charge in [-0.25, -0.2) is 0 Å². The Morgan fingerprint density at radius 2 is 2.26 bits per heavy atom. The number of ether oxygens (including phenoxy) is 1. The second-order valence-electron chi connectivity index (χ2n) is 8.18. The molecule has 4 heterocycles. The summed E-state index contributed by atoms with van der Waals surface area (Å²) in [7, 11) is 2.29. The van der Waals surface area contributed by atoms with Crippen LogP contribution in [0.5, 0.6) is 0 Å². The molecule has 6 atom stereocenters. The molecule has 3 nitrogen and oxygen atoms in total. The molecule has 0 aromatic heterocycles. The Morgan fingerprint density at radius 1 is 1.39 bits per heavy atom. The SMILES string of the molecule is C=C[C@]12CN(C)[C@@H]3C[C@@]14C(=Nc1ccccc14)[C@@H]1C[C@H]2[C@H]3CO1. The summed E-state index contributed by atoms with van der Waals surface area (Å²) in [5.41, 5.74) is 4.07. The highest BCUT2D eigenvalue weighted by Gasteiger charge is 2.74. The van der Waals surface area contributed by atoms with E-state index in [1.807, 2.05) is 0 Å². The van der Waals surface area contributed by atoms with Crippen molar-refractivity contribution in [1.29, 1.82) is 0 Å². The summed E-state index contributed by atoms with van der Waals surface area (Å²) in [5, 5.41) is 0. The van der Waals surface area contributed by atoms with Crippen molar-refractivity contribution in [2.45, 2.75) is 30.4 Å². The topological polar surface area (TPSA) is 24.8 Å². The molecule has 0 N–H and O–H groups in total. The first kappa shape index (κ1) is 12.9. The molecule has 3 saturated heterocycles. The maximum Gasteiger partial charge on any atom is 0.0968 e. The van der Waals surface area contributed by atoms with Crippen LogP contribution in [0.4, 0.5) is 5.69 Å². The van der Waals surface area contributed by atoms with E-state index in [9.17, 15) is 0 Å². The monoisotopic (exact) mass is 306 g/mol. The van der Waals surface area contributed by atoms with E-state index < -0.39 is 0 Å². The second kappa shape index (κ2) is 3.79. The highest BCUT2D eigenvalue weighted by Crippen LogP contribution is 2.70. The van der Waals surface area contributed by atoms with Crippen LogP contribution in [-0.2, 0) is 10.2 Å². The van der Waals surface area contributed by atoms with Gasteiger partial charge in [0, 0.05) is 23.9 Å². The van der Waals surface area contributed by atoms with Crippen LogP contribution in [0, 0.1) is 17.3 Å². The van der Waals surface area contributed by atoms with Gasteiger partial charge in [0.1, 0.15) is 0 Å². The van der Waals surface area contributed by atoms with Gasteiger partial charge in [-0.2, -0.15) is 0 Å². The minimum atomic E-state index is 0.0347. The summed E-state index contributed by atoms with van der Waals surface area (Å²) in [6, 6.07) is 9.39. The molecular weight excluding hydrogens is 284 g/mol. The maximum absolute atomic E-state index is 6.32. The number of hydrogen-bond acceptors (Lipinski definition) is 3. The standard InChI is InChI=1S/C20H22N2O/c1-3-19-11-22(2)16-9-20(19)13-6-4-5-7-15(13)21-18(20)17-8-14(19)12(16)10-23-17/h3-7,12,14,16-17H,1,8-11H2,2H3/t12-,14+,16-,17+,19-,20-/m1/s1. The molecule has 0 radical (unpaired) electrons. The molecule has 5 fully saturated rings. The minimum absolute atomic E-state index is 0.0347. The third-order valence-electron chi connectivity index (χ3n) is 7.73. The molecule has 2 aliphatic carbocycles. The highest BCUT2D eigenvalue weighted by molar-refractivity contribution is 6.07. The van der Waals surface area contributed by atoms with Crippen LogP contribution in [0.25, 0.3) is 0 Å². The predicted octanol–water partition coefficient (Wildman–Crippen LogP) is 2.94. The van der Waals surface area contributed by atoms with Crippen LogP contribution in [0.2, 0.25) is 0 Å². The molecule has 6 aliphatic rings. The summed E-state index contributed by atoms with van der Waals surface area (Å²) >= 11 is 0. The van der Waals surface area contributed by atoms with Crippen molar-refractivity contribution in [3.8, 4) is 0 Å². The van der Waals surface area contributed by atoms with Crippen molar-refractivity contribution in [3.05, 3.63) is 42.5 Å². The molecule has 118 valence electrons. The van der Waals surface area contributed by atoms with Gasteiger partial charge in [-0.1, -0.05) is 24.3 Å². The van der Waals surface area contributed by atoms with E-state index in [1.54, 1.807) is 0 Å². The third-order valence-corrected chi connectivity index (χ3v) is 7.73. The molecule has 23 heavy (non-hydrogen) atoms. The fourth-order valence-corrected chi connectivity index (χ4v) is 6.95. The van der Waals surface area contributed by atoms with Gasteiger partial charge in [0.25, 0.3) is 0 Å². The first-order valence-corrected chi connectivity index (χ1v) is 8.85. The second-order valence-corrected chi connectivity index (χ2v) is 8.18. The first-order valence-electron chi connectivity index (χ1n) is 8.85. The molecule has 0 unspecified atom stereocenters. The number of aliphatic imine (C=N–C) groups is 1. The predicted molar refractivity (Wildman–Crippen MR) is 90.2 cm³/mol. The lowest BCUT2D eigenvalue weighted by Gasteiger charge is -2.72. The molecule has 1 aromatic carbocycles. The van der Waals surface area contributed by atoms with Crippen LogP contribution in [0.15, 0.2) is 41.9 Å². The van der Waals surface area contributed by atoms with Crippen LogP contribution in [0.1, 0.15) is 18.4 Å². The Bertz CT molecular complexity index is 771. The Balaban J connectivity index is 1.72. The van der Waals surface area contributed by atoms with Crippen LogP contribution in [-0.4, -0.2) is 43.0 Å². The summed E-state index contributed by atoms with van der Waals surface area (Å²) in [6.07, 6.45) is 4.85. The molecule has 4 aliphatic heterocycles. The van der Waals surface area contributed by atoms with Crippen molar-refractivity contribution in [3.63, 3.8) is 0 Å². The Kier molecular flexibility index (Phi) is 2.12. The van der Waals surface area contributed by atoms with Crippen LogP contribution in [0.3, 0.4) is 0 Å². The lowest BCUT2D eigenvalue weighted by atomic mass is 9.38. The van der Waals surface area contributed by atoms with Crippen LogP contribution >= 0.6 is 0 Å². The molecule has 1 spiro atoms. The zero-order valence-corrected chi connectivity index (χ0v) is 13.5. The Labute approximate surface area is 137 Å². The normalized spacial score (nSPS) is 48.8. The zero-order chi connectivity index (χ0) is 15.4. The number of rotatable bonds is 1. The van der Waals surface area contributed by atoms with Gasteiger partial charge < -0.3 is 9.64 Å². The summed E-state index contributed by atoms with van der Waals surface area (Å²) in [6.45, 7) is 6.37. The number of hydrogen-bond donors (Lipinski definition) is 0. The summed E-state index contributed by atoms with van der Waals surface area (Å²) in [4.78, 5) is 7.70. The average Bonchev–Trinajstić information content (AvgIpc) is 2.90. The Hall–Kier alpha value is -1.45. The lowest BCUT2D eigenvalue weighted by Crippen LogP contribution is -2.78. The zero-order valence-electron chi connectivity index (χ0n) is 13.5.